The van der Waals surface area contributed by atoms with E-state index >= 15 is 0 Å². The monoisotopic (exact) mass is 383 g/mol. The number of rotatable bonds is 8. The van der Waals surface area contributed by atoms with E-state index in [1.165, 1.54) is 5.56 Å². The van der Waals surface area contributed by atoms with Crippen molar-refractivity contribution in [3.63, 3.8) is 0 Å². The third-order valence-electron chi connectivity index (χ3n) is 4.77. The third kappa shape index (κ3) is 6.34. The van der Waals surface area contributed by atoms with E-state index in [9.17, 15) is 4.79 Å². The highest BCUT2D eigenvalue weighted by atomic mass is 16.5. The summed E-state index contributed by atoms with van der Waals surface area (Å²) in [4.78, 5) is 16.7. The lowest BCUT2D eigenvalue weighted by atomic mass is 10.2. The van der Waals surface area contributed by atoms with Crippen LogP contribution in [0, 0.1) is 0 Å². The van der Waals surface area contributed by atoms with Crippen molar-refractivity contribution < 1.29 is 14.3 Å². The van der Waals surface area contributed by atoms with Gasteiger partial charge in [-0.3, -0.25) is 14.6 Å². The first kappa shape index (κ1) is 20.3. The summed E-state index contributed by atoms with van der Waals surface area (Å²) in [5.41, 5.74) is 3.22. The van der Waals surface area contributed by atoms with Gasteiger partial charge >= 0.3 is 0 Å². The van der Waals surface area contributed by atoms with Crippen LogP contribution < -0.4 is 10.1 Å². The highest BCUT2D eigenvalue weighted by Gasteiger charge is 2.11. The molecule has 1 N–H and O–H groups in total. The van der Waals surface area contributed by atoms with Crippen LogP contribution in [0.3, 0.4) is 0 Å². The molecule has 2 aromatic carbocycles. The van der Waals surface area contributed by atoms with Crippen LogP contribution in [0.1, 0.15) is 11.1 Å². The van der Waals surface area contributed by atoms with E-state index < -0.39 is 0 Å². The first-order valence-electron chi connectivity index (χ1n) is 9.63. The van der Waals surface area contributed by atoms with Crippen LogP contribution in [0.5, 0.6) is 5.75 Å². The summed E-state index contributed by atoms with van der Waals surface area (Å²) in [6, 6.07) is 16.0. The number of hydrogen-bond donors (Lipinski definition) is 1. The van der Waals surface area contributed by atoms with Gasteiger partial charge < -0.3 is 14.8 Å². The van der Waals surface area contributed by atoms with Gasteiger partial charge in [0.1, 0.15) is 5.75 Å². The molecule has 0 atom stereocenters. The zero-order chi connectivity index (χ0) is 19.8. The fourth-order valence-electron chi connectivity index (χ4n) is 3.26. The quantitative estimate of drug-likeness (QED) is 0.759. The second-order valence-corrected chi connectivity index (χ2v) is 7.15. The van der Waals surface area contributed by atoms with Crippen molar-refractivity contribution in [3.05, 3.63) is 59.7 Å². The molecule has 6 heteroatoms. The number of amides is 1. The Balaban J connectivity index is 1.44. The van der Waals surface area contributed by atoms with Gasteiger partial charge in [0.15, 0.2) is 0 Å². The summed E-state index contributed by atoms with van der Waals surface area (Å²) >= 11 is 0. The molecule has 0 aliphatic carbocycles. The molecular weight excluding hydrogens is 354 g/mol. The van der Waals surface area contributed by atoms with E-state index in [0.717, 1.165) is 49.8 Å². The molecule has 0 aromatic heterocycles. The normalized spacial score (nSPS) is 14.8. The molecule has 1 amide bonds. The second-order valence-electron chi connectivity index (χ2n) is 7.15. The lowest BCUT2D eigenvalue weighted by Crippen LogP contribution is -2.35. The highest BCUT2D eigenvalue weighted by Crippen LogP contribution is 2.14. The molecule has 6 nitrogen and oxygen atoms in total. The van der Waals surface area contributed by atoms with Crippen LogP contribution in [0.25, 0.3) is 0 Å². The van der Waals surface area contributed by atoms with Gasteiger partial charge in [-0.1, -0.05) is 24.3 Å². The minimum Gasteiger partial charge on any atom is -0.497 e. The second kappa shape index (κ2) is 10.2. The highest BCUT2D eigenvalue weighted by molar-refractivity contribution is 5.92. The van der Waals surface area contributed by atoms with Crippen molar-refractivity contribution >= 4 is 11.6 Å². The SMILES string of the molecule is COc1ccc(CN(C)CC(=O)Nc2ccc(CN3CCOCC3)cc2)cc1. The zero-order valence-electron chi connectivity index (χ0n) is 16.7. The molecule has 1 saturated heterocycles. The number of nitrogens with zero attached hydrogens (tertiary/aromatic N) is 2. The first-order chi connectivity index (χ1) is 13.6. The average Bonchev–Trinajstić information content (AvgIpc) is 2.70. The molecule has 28 heavy (non-hydrogen) atoms. The molecule has 0 radical (unpaired) electrons. The number of likely N-dealkylation sites (N-methyl/N-ethyl adjacent to an activating group) is 1. The van der Waals surface area contributed by atoms with E-state index in [-0.39, 0.29) is 5.91 Å². The number of carbonyl (C=O) groups excluding carboxylic acids is 1. The maximum Gasteiger partial charge on any atom is 0.238 e. The number of hydrogen-bond acceptors (Lipinski definition) is 5. The van der Waals surface area contributed by atoms with Crippen LogP contribution in [0.2, 0.25) is 0 Å². The Labute approximate surface area is 167 Å². The van der Waals surface area contributed by atoms with Crippen molar-refractivity contribution in [1.82, 2.24) is 9.80 Å². The standard InChI is InChI=1S/C22H29N3O3/c1-24(15-18-5-9-21(27-2)10-6-18)17-22(26)23-20-7-3-19(4-8-20)16-25-11-13-28-14-12-25/h3-10H,11-17H2,1-2H3,(H,23,26). The number of ether oxygens (including phenoxy) is 2. The number of carbonyl (C=O) groups is 1. The predicted octanol–water partition coefficient (Wildman–Crippen LogP) is 2.60. The topological polar surface area (TPSA) is 54.0 Å². The first-order valence-corrected chi connectivity index (χ1v) is 9.63. The zero-order valence-corrected chi connectivity index (χ0v) is 16.7. The third-order valence-corrected chi connectivity index (χ3v) is 4.77. The van der Waals surface area contributed by atoms with Gasteiger partial charge in [0, 0.05) is 31.9 Å². The van der Waals surface area contributed by atoms with Gasteiger partial charge in [0.05, 0.1) is 26.9 Å². The van der Waals surface area contributed by atoms with Gasteiger partial charge in [-0.25, -0.2) is 0 Å². The smallest absolute Gasteiger partial charge is 0.238 e. The van der Waals surface area contributed by atoms with Crippen LogP contribution >= 0.6 is 0 Å². The van der Waals surface area contributed by atoms with E-state index in [2.05, 4.69) is 22.3 Å². The van der Waals surface area contributed by atoms with Crippen molar-refractivity contribution in [2.24, 2.45) is 0 Å². The van der Waals surface area contributed by atoms with E-state index in [1.807, 2.05) is 48.3 Å². The lowest BCUT2D eigenvalue weighted by molar-refractivity contribution is -0.117. The Morgan fingerprint density at radius 3 is 2.36 bits per heavy atom. The lowest BCUT2D eigenvalue weighted by Gasteiger charge is -2.26. The minimum absolute atomic E-state index is 0.0167. The Kier molecular flexibility index (Phi) is 7.42. The number of methoxy groups -OCH3 is 1. The molecule has 3 rings (SSSR count). The van der Waals surface area contributed by atoms with Crippen molar-refractivity contribution in [3.8, 4) is 5.75 Å². The van der Waals surface area contributed by atoms with E-state index in [1.54, 1.807) is 7.11 Å². The van der Waals surface area contributed by atoms with Gasteiger partial charge in [-0.05, 0) is 42.4 Å². The molecular formula is C22H29N3O3. The summed E-state index contributed by atoms with van der Waals surface area (Å²) < 4.78 is 10.6. The number of benzene rings is 2. The number of nitrogens with one attached hydrogen (secondary N) is 1. The Hall–Kier alpha value is -2.41. The molecule has 0 unspecified atom stereocenters. The molecule has 1 heterocycles. The summed E-state index contributed by atoms with van der Waals surface area (Å²) in [5, 5.41) is 2.97. The summed E-state index contributed by atoms with van der Waals surface area (Å²) in [7, 11) is 3.59. The minimum atomic E-state index is -0.0167. The molecule has 2 aromatic rings. The van der Waals surface area contributed by atoms with E-state index in [4.69, 9.17) is 9.47 Å². The number of morpholine rings is 1. The van der Waals surface area contributed by atoms with Gasteiger partial charge in [-0.2, -0.15) is 0 Å². The molecule has 1 fully saturated rings. The van der Waals surface area contributed by atoms with Crippen LogP contribution in [-0.2, 0) is 22.6 Å². The van der Waals surface area contributed by atoms with Crippen LogP contribution in [0.4, 0.5) is 5.69 Å². The fraction of sp³-hybridized carbons (Fsp3) is 0.409. The van der Waals surface area contributed by atoms with Crippen molar-refractivity contribution in [2.45, 2.75) is 13.1 Å². The van der Waals surface area contributed by atoms with Crippen molar-refractivity contribution in [2.75, 3.05) is 52.3 Å². The molecule has 0 bridgehead atoms. The van der Waals surface area contributed by atoms with Crippen LogP contribution in [-0.4, -0.2) is 62.7 Å². The predicted molar refractivity (Wildman–Crippen MR) is 110 cm³/mol. The summed E-state index contributed by atoms with van der Waals surface area (Å²) in [5.74, 6) is 0.818. The average molecular weight is 383 g/mol. The molecule has 1 aliphatic rings. The Morgan fingerprint density at radius 2 is 1.71 bits per heavy atom. The van der Waals surface area contributed by atoms with Crippen molar-refractivity contribution in [1.29, 1.82) is 0 Å². The largest absolute Gasteiger partial charge is 0.497 e. The molecule has 150 valence electrons. The summed E-state index contributed by atoms with van der Waals surface area (Å²) in [6.45, 7) is 5.51. The maximum absolute atomic E-state index is 12.3. The van der Waals surface area contributed by atoms with E-state index in [0.29, 0.717) is 13.1 Å². The maximum atomic E-state index is 12.3. The summed E-state index contributed by atoms with van der Waals surface area (Å²) in [6.07, 6.45) is 0. The van der Waals surface area contributed by atoms with Crippen LogP contribution in [0.15, 0.2) is 48.5 Å². The number of anilines is 1. The molecule has 1 aliphatic heterocycles. The van der Waals surface area contributed by atoms with Gasteiger partial charge in [0.25, 0.3) is 0 Å². The molecule has 0 spiro atoms. The fourth-order valence-corrected chi connectivity index (χ4v) is 3.26. The van der Waals surface area contributed by atoms with Gasteiger partial charge in [-0.15, -0.1) is 0 Å². The Morgan fingerprint density at radius 1 is 1.07 bits per heavy atom. The van der Waals surface area contributed by atoms with Gasteiger partial charge in [0.2, 0.25) is 5.91 Å². The Bertz CT molecular complexity index is 741. The molecule has 0 saturated carbocycles.